The molecular weight excluding hydrogens is 306 g/mol. The van der Waals surface area contributed by atoms with E-state index in [-0.39, 0.29) is 25.7 Å². The highest BCUT2D eigenvalue weighted by Gasteiger charge is 2.03. The minimum atomic E-state index is -1.50. The SMILES string of the molecule is O=[N+]([O-])O.O=[N+]([O-])O.O=[N+]([O-])O.OCCCC(CO)CO. The van der Waals surface area contributed by atoms with E-state index >= 15 is 0 Å². The fourth-order valence-electron chi connectivity index (χ4n) is 0.620. The lowest BCUT2D eigenvalue weighted by molar-refractivity contribution is -0.742. The summed E-state index contributed by atoms with van der Waals surface area (Å²) >= 11 is 0. The Kier molecular flexibility index (Phi) is 29.0. The largest absolute Gasteiger partial charge is 0.396 e. The molecule has 21 heavy (non-hydrogen) atoms. The Labute approximate surface area is 116 Å². The van der Waals surface area contributed by atoms with E-state index in [4.69, 9.17) is 61.3 Å². The van der Waals surface area contributed by atoms with Gasteiger partial charge in [0.1, 0.15) is 0 Å². The lowest BCUT2D eigenvalue weighted by Gasteiger charge is -2.07. The highest BCUT2D eigenvalue weighted by molar-refractivity contribution is 4.53. The quantitative estimate of drug-likeness (QED) is 0.245. The van der Waals surface area contributed by atoms with Gasteiger partial charge in [0.25, 0.3) is 15.3 Å². The van der Waals surface area contributed by atoms with E-state index in [1.807, 2.05) is 0 Å². The van der Waals surface area contributed by atoms with Gasteiger partial charge in [-0.2, -0.15) is 0 Å². The van der Waals surface area contributed by atoms with Crippen molar-refractivity contribution in [3.05, 3.63) is 30.3 Å². The monoisotopic (exact) mass is 323 g/mol. The van der Waals surface area contributed by atoms with Gasteiger partial charge in [0.2, 0.25) is 0 Å². The van der Waals surface area contributed by atoms with Crippen LogP contribution in [0.3, 0.4) is 0 Å². The molecule has 0 aromatic heterocycles. The molecule has 6 N–H and O–H groups in total. The maximum absolute atomic E-state index is 8.51. The van der Waals surface area contributed by atoms with E-state index in [1.54, 1.807) is 0 Å². The predicted octanol–water partition coefficient (Wildman–Crippen LogP) is -1.68. The zero-order chi connectivity index (χ0) is 17.8. The number of hydrogen-bond acceptors (Lipinski definition) is 9. The van der Waals surface area contributed by atoms with Crippen molar-refractivity contribution in [2.75, 3.05) is 19.8 Å². The Bertz CT molecular complexity index is 217. The summed E-state index contributed by atoms with van der Waals surface area (Å²) in [5, 5.41) is 66.3. The first-order valence-corrected chi connectivity index (χ1v) is 4.87. The number of rotatable bonds is 5. The van der Waals surface area contributed by atoms with Gasteiger partial charge < -0.3 is 30.9 Å². The van der Waals surface area contributed by atoms with Gasteiger partial charge in [-0.1, -0.05) is 0 Å². The molecule has 0 radical (unpaired) electrons. The minimum Gasteiger partial charge on any atom is -0.396 e. The third kappa shape index (κ3) is 139. The molecule has 0 spiro atoms. The lowest BCUT2D eigenvalue weighted by atomic mass is 10.1. The molecule has 0 fully saturated rings. The van der Waals surface area contributed by atoms with Crippen LogP contribution in [0.2, 0.25) is 0 Å². The Balaban J connectivity index is -0.000000102. The zero-order valence-electron chi connectivity index (χ0n) is 10.6. The standard InChI is InChI=1S/C6H14O3.3HNO3/c7-3-1-2-6(4-8)5-9;3*2-1(3)4/h6-9H,1-5H2;3*(H,2,3,4). The molecule has 0 atom stereocenters. The van der Waals surface area contributed by atoms with Crippen LogP contribution < -0.4 is 0 Å². The molecule has 0 rings (SSSR count). The summed E-state index contributed by atoms with van der Waals surface area (Å²) in [5.41, 5.74) is 0. The normalized spacial score (nSPS) is 8.00. The number of aliphatic hydroxyl groups excluding tert-OH is 3. The third-order valence-electron chi connectivity index (χ3n) is 1.29. The van der Waals surface area contributed by atoms with Gasteiger partial charge in [0, 0.05) is 25.7 Å². The van der Waals surface area contributed by atoms with Crippen molar-refractivity contribution in [3.63, 3.8) is 0 Å². The lowest BCUT2D eigenvalue weighted by Crippen LogP contribution is -2.11. The summed E-state index contributed by atoms with van der Waals surface area (Å²) in [7, 11) is 0. The summed E-state index contributed by atoms with van der Waals surface area (Å²) < 4.78 is 0. The second-order valence-electron chi connectivity index (χ2n) is 2.81. The van der Waals surface area contributed by atoms with Crippen molar-refractivity contribution in [2.24, 2.45) is 5.92 Å². The highest BCUT2D eigenvalue weighted by Crippen LogP contribution is 2.02. The fraction of sp³-hybridized carbons (Fsp3) is 1.00. The van der Waals surface area contributed by atoms with E-state index in [0.29, 0.717) is 12.8 Å². The van der Waals surface area contributed by atoms with Gasteiger partial charge in [0.15, 0.2) is 0 Å². The van der Waals surface area contributed by atoms with E-state index in [1.165, 1.54) is 0 Å². The topological polar surface area (TPSA) is 251 Å². The Hall–Kier alpha value is -2.52. The Morgan fingerprint density at radius 2 is 1.00 bits per heavy atom. The molecule has 0 unspecified atom stereocenters. The van der Waals surface area contributed by atoms with E-state index in [9.17, 15) is 0 Å². The Morgan fingerprint density at radius 3 is 1.14 bits per heavy atom. The molecule has 15 heteroatoms. The van der Waals surface area contributed by atoms with Gasteiger partial charge in [-0.3, -0.25) is 0 Å². The van der Waals surface area contributed by atoms with Crippen LogP contribution in [0.25, 0.3) is 0 Å². The third-order valence-corrected chi connectivity index (χ3v) is 1.29. The molecule has 0 saturated carbocycles. The van der Waals surface area contributed by atoms with Crippen LogP contribution in [0.5, 0.6) is 0 Å². The van der Waals surface area contributed by atoms with E-state index in [0.717, 1.165) is 0 Å². The van der Waals surface area contributed by atoms with Crippen molar-refractivity contribution in [1.29, 1.82) is 0 Å². The second-order valence-corrected chi connectivity index (χ2v) is 2.81. The number of hydrogen-bond donors (Lipinski definition) is 6. The summed E-state index contributed by atoms with van der Waals surface area (Å²) in [4.78, 5) is 25.1. The second kappa shape index (κ2) is 22.6. The zero-order valence-corrected chi connectivity index (χ0v) is 10.6. The Morgan fingerprint density at radius 1 is 0.762 bits per heavy atom. The van der Waals surface area contributed by atoms with Crippen LogP contribution in [0.4, 0.5) is 0 Å². The summed E-state index contributed by atoms with van der Waals surface area (Å²) in [6.45, 7) is 0.156. The molecule has 0 bridgehead atoms. The van der Waals surface area contributed by atoms with Crippen LogP contribution in [0, 0.1) is 36.3 Å². The van der Waals surface area contributed by atoms with Crippen molar-refractivity contribution in [2.45, 2.75) is 12.8 Å². The smallest absolute Gasteiger partial charge is 0.291 e. The van der Waals surface area contributed by atoms with Crippen LogP contribution in [0.15, 0.2) is 0 Å². The molecule has 0 heterocycles. The van der Waals surface area contributed by atoms with Crippen LogP contribution in [0.1, 0.15) is 12.8 Å². The number of aliphatic hydroxyl groups is 3. The maximum Gasteiger partial charge on any atom is 0.291 e. The molecule has 0 amide bonds. The molecule has 0 aromatic carbocycles. The van der Waals surface area contributed by atoms with Gasteiger partial charge in [-0.25, -0.2) is 0 Å². The molecule has 0 aliphatic heterocycles. The fourth-order valence-corrected chi connectivity index (χ4v) is 0.620. The summed E-state index contributed by atoms with van der Waals surface area (Å²) in [5.74, 6) is -0.0443. The first-order chi connectivity index (χ1) is 9.54. The molecule has 0 aliphatic carbocycles. The van der Waals surface area contributed by atoms with Gasteiger partial charge in [-0.05, 0) is 12.8 Å². The number of nitrogens with zero attached hydrogens (tertiary/aromatic N) is 3. The average molecular weight is 323 g/mol. The molecule has 128 valence electrons. The minimum absolute atomic E-state index is 0.0104. The van der Waals surface area contributed by atoms with Gasteiger partial charge >= 0.3 is 0 Å². The van der Waals surface area contributed by atoms with Crippen molar-refractivity contribution < 1.29 is 46.2 Å². The van der Waals surface area contributed by atoms with Crippen LogP contribution in [-0.2, 0) is 0 Å². The average Bonchev–Trinajstić information content (AvgIpc) is 2.28. The highest BCUT2D eigenvalue weighted by atomic mass is 16.9. The van der Waals surface area contributed by atoms with Crippen molar-refractivity contribution in [3.8, 4) is 0 Å². The molecule has 0 aromatic rings. The predicted molar refractivity (Wildman–Crippen MR) is 60.3 cm³/mol. The summed E-state index contributed by atoms with van der Waals surface area (Å²) in [6.07, 6.45) is 1.36. The first kappa shape index (κ1) is 26.9. The molecular formula is C6H17N3O12. The molecule has 0 aliphatic rings. The van der Waals surface area contributed by atoms with Gasteiger partial charge in [0.05, 0.1) is 0 Å². The van der Waals surface area contributed by atoms with Crippen molar-refractivity contribution in [1.82, 2.24) is 0 Å². The van der Waals surface area contributed by atoms with E-state index < -0.39 is 15.3 Å². The van der Waals surface area contributed by atoms with Crippen molar-refractivity contribution >= 4 is 0 Å². The van der Waals surface area contributed by atoms with Crippen LogP contribution >= 0.6 is 0 Å². The van der Waals surface area contributed by atoms with Gasteiger partial charge in [-0.15, -0.1) is 30.3 Å². The molecule has 15 nitrogen and oxygen atoms in total. The van der Waals surface area contributed by atoms with E-state index in [2.05, 4.69) is 0 Å². The summed E-state index contributed by atoms with van der Waals surface area (Å²) in [6, 6.07) is 0. The first-order valence-electron chi connectivity index (χ1n) is 4.87. The molecule has 0 saturated heterocycles. The van der Waals surface area contributed by atoms with Crippen LogP contribution in [-0.4, -0.2) is 66.0 Å². The maximum atomic E-state index is 8.51.